The van der Waals surface area contributed by atoms with Gasteiger partial charge in [-0.1, -0.05) is 13.8 Å². The summed E-state index contributed by atoms with van der Waals surface area (Å²) in [6.45, 7) is 5.97. The molecule has 1 fully saturated rings. The standard InChI is InChI=1S/C21H26F4N4O3S/c1-12(2)17-11-28(14-5-6-16(22)18(9-14)33(4,31)32)7-8-29(17)20-26-10-15(13(3)30)19(27-20)21(23,24)25/h5-6,9-10,12-13,17,30H,7-8,11H2,1-4H3/t13-,17-/m0/s1. The molecule has 0 aliphatic carbocycles. The van der Waals surface area contributed by atoms with Crippen molar-refractivity contribution < 1.29 is 31.1 Å². The highest BCUT2D eigenvalue weighted by Crippen LogP contribution is 2.35. The molecule has 0 amide bonds. The van der Waals surface area contributed by atoms with Crippen LogP contribution in [0.2, 0.25) is 0 Å². The predicted octanol–water partition coefficient (Wildman–Crippen LogP) is 3.44. The average molecular weight is 491 g/mol. The minimum Gasteiger partial charge on any atom is -0.389 e. The zero-order chi connectivity index (χ0) is 24.7. The molecule has 182 valence electrons. The van der Waals surface area contributed by atoms with Gasteiger partial charge in [-0.25, -0.2) is 22.8 Å². The van der Waals surface area contributed by atoms with Gasteiger partial charge >= 0.3 is 6.18 Å². The Balaban J connectivity index is 1.95. The van der Waals surface area contributed by atoms with Gasteiger partial charge in [-0.15, -0.1) is 0 Å². The molecule has 7 nitrogen and oxygen atoms in total. The van der Waals surface area contributed by atoms with Crippen molar-refractivity contribution in [3.8, 4) is 0 Å². The lowest BCUT2D eigenvalue weighted by molar-refractivity contribution is -0.142. The molecule has 0 bridgehead atoms. The first kappa shape index (κ1) is 25.2. The molecule has 1 aromatic carbocycles. The Kier molecular flexibility index (Phi) is 6.90. The molecule has 0 unspecified atom stereocenters. The van der Waals surface area contributed by atoms with Crippen molar-refractivity contribution in [1.29, 1.82) is 0 Å². The Labute approximate surface area is 190 Å². The van der Waals surface area contributed by atoms with Crippen LogP contribution in [0, 0.1) is 11.7 Å². The van der Waals surface area contributed by atoms with Gasteiger partial charge in [0.05, 0.1) is 12.1 Å². The van der Waals surface area contributed by atoms with Gasteiger partial charge < -0.3 is 14.9 Å². The summed E-state index contributed by atoms with van der Waals surface area (Å²) in [4.78, 5) is 11.0. The number of nitrogens with zero attached hydrogens (tertiary/aromatic N) is 4. The number of rotatable bonds is 5. The number of anilines is 2. The maximum atomic E-state index is 14.0. The first-order valence-corrected chi connectivity index (χ1v) is 12.2. The summed E-state index contributed by atoms with van der Waals surface area (Å²) in [6, 6.07) is 3.54. The maximum Gasteiger partial charge on any atom is 0.433 e. The Bertz CT molecular complexity index is 1120. The molecule has 0 spiro atoms. The zero-order valence-electron chi connectivity index (χ0n) is 18.6. The molecule has 2 heterocycles. The molecular weight excluding hydrogens is 464 g/mol. The van der Waals surface area contributed by atoms with Crippen LogP contribution < -0.4 is 9.80 Å². The van der Waals surface area contributed by atoms with Gasteiger partial charge in [0, 0.05) is 43.3 Å². The number of benzene rings is 1. The van der Waals surface area contributed by atoms with Gasteiger partial charge in [-0.2, -0.15) is 13.2 Å². The molecule has 0 radical (unpaired) electrons. The van der Waals surface area contributed by atoms with Gasteiger partial charge in [0.15, 0.2) is 15.5 Å². The lowest BCUT2D eigenvalue weighted by Gasteiger charge is -2.44. The summed E-state index contributed by atoms with van der Waals surface area (Å²) in [7, 11) is -3.77. The predicted molar refractivity (Wildman–Crippen MR) is 115 cm³/mol. The van der Waals surface area contributed by atoms with Crippen LogP contribution in [0.15, 0.2) is 29.3 Å². The van der Waals surface area contributed by atoms with E-state index >= 15 is 0 Å². The van der Waals surface area contributed by atoms with Gasteiger partial charge in [0.1, 0.15) is 10.7 Å². The number of piperazine rings is 1. The molecular formula is C21H26F4N4O3S. The number of alkyl halides is 3. The van der Waals surface area contributed by atoms with Crippen molar-refractivity contribution in [2.45, 2.75) is 44.0 Å². The van der Waals surface area contributed by atoms with E-state index < -0.39 is 44.1 Å². The molecule has 33 heavy (non-hydrogen) atoms. The number of hydrogen-bond acceptors (Lipinski definition) is 7. The topological polar surface area (TPSA) is 86.6 Å². The Morgan fingerprint density at radius 2 is 1.85 bits per heavy atom. The van der Waals surface area contributed by atoms with E-state index in [-0.39, 0.29) is 24.5 Å². The molecule has 1 aromatic heterocycles. The molecule has 0 saturated carbocycles. The van der Waals surface area contributed by atoms with Gasteiger partial charge in [0.2, 0.25) is 5.95 Å². The van der Waals surface area contributed by atoms with Crippen LogP contribution in [-0.4, -0.2) is 55.4 Å². The summed E-state index contributed by atoms with van der Waals surface area (Å²) in [5.41, 5.74) is -1.07. The highest BCUT2D eigenvalue weighted by Gasteiger charge is 2.39. The highest BCUT2D eigenvalue weighted by molar-refractivity contribution is 7.90. The van der Waals surface area contributed by atoms with E-state index in [2.05, 4.69) is 9.97 Å². The third kappa shape index (κ3) is 5.37. The maximum absolute atomic E-state index is 14.0. The van der Waals surface area contributed by atoms with Gasteiger partial charge in [-0.05, 0) is 31.0 Å². The minimum absolute atomic E-state index is 0.0167. The summed E-state index contributed by atoms with van der Waals surface area (Å²) < 4.78 is 78.5. The largest absolute Gasteiger partial charge is 0.433 e. The smallest absolute Gasteiger partial charge is 0.389 e. The van der Waals surface area contributed by atoms with Crippen LogP contribution in [0.25, 0.3) is 0 Å². The van der Waals surface area contributed by atoms with Crippen molar-refractivity contribution in [3.63, 3.8) is 0 Å². The SMILES string of the molecule is CC(C)[C@@H]1CN(c2ccc(F)c(S(C)(=O)=O)c2)CCN1c1ncc([C@H](C)O)c(C(F)(F)F)n1. The van der Waals surface area contributed by atoms with E-state index in [1.807, 2.05) is 18.7 Å². The number of hydrogen-bond donors (Lipinski definition) is 1. The number of aliphatic hydroxyl groups excluding tert-OH is 1. The summed E-state index contributed by atoms with van der Waals surface area (Å²) >= 11 is 0. The molecule has 1 aliphatic heterocycles. The van der Waals surface area contributed by atoms with Crippen LogP contribution in [0.4, 0.5) is 29.2 Å². The molecule has 1 N–H and O–H groups in total. The molecule has 1 saturated heterocycles. The van der Waals surface area contributed by atoms with Crippen molar-refractivity contribution >= 4 is 21.5 Å². The Hall–Kier alpha value is -2.47. The molecule has 2 atom stereocenters. The van der Waals surface area contributed by atoms with Crippen LogP contribution in [0.1, 0.15) is 38.1 Å². The van der Waals surface area contributed by atoms with Crippen molar-refractivity contribution in [2.75, 3.05) is 35.7 Å². The fraction of sp³-hybridized carbons (Fsp3) is 0.524. The van der Waals surface area contributed by atoms with E-state index in [0.717, 1.165) is 18.5 Å². The number of halogens is 4. The van der Waals surface area contributed by atoms with Crippen molar-refractivity contribution in [1.82, 2.24) is 9.97 Å². The second-order valence-corrected chi connectivity index (χ2v) is 10.5. The van der Waals surface area contributed by atoms with E-state index in [1.165, 1.54) is 19.1 Å². The lowest BCUT2D eigenvalue weighted by Crippen LogP contribution is -2.56. The van der Waals surface area contributed by atoms with Crippen molar-refractivity contribution in [3.05, 3.63) is 41.5 Å². The van der Waals surface area contributed by atoms with Crippen LogP contribution in [0.3, 0.4) is 0 Å². The zero-order valence-corrected chi connectivity index (χ0v) is 19.5. The van der Waals surface area contributed by atoms with E-state index in [4.69, 9.17) is 0 Å². The van der Waals surface area contributed by atoms with Gasteiger partial charge in [-0.3, -0.25) is 0 Å². The van der Waals surface area contributed by atoms with Crippen LogP contribution >= 0.6 is 0 Å². The fourth-order valence-corrected chi connectivity index (χ4v) is 4.65. The molecule has 3 rings (SSSR count). The normalized spacial score (nSPS) is 18.7. The summed E-state index contributed by atoms with van der Waals surface area (Å²) in [6.07, 6.45) is -4.21. The Morgan fingerprint density at radius 1 is 1.18 bits per heavy atom. The Morgan fingerprint density at radius 3 is 2.39 bits per heavy atom. The highest BCUT2D eigenvalue weighted by atomic mass is 32.2. The average Bonchev–Trinajstić information content (AvgIpc) is 2.71. The second kappa shape index (κ2) is 9.05. The quantitative estimate of drug-likeness (QED) is 0.643. The first-order chi connectivity index (χ1) is 15.2. The number of aromatic nitrogens is 2. The number of aliphatic hydroxyl groups is 1. The monoisotopic (exact) mass is 490 g/mol. The number of sulfone groups is 1. The van der Waals surface area contributed by atoms with Crippen LogP contribution in [0.5, 0.6) is 0 Å². The fourth-order valence-electron chi connectivity index (χ4n) is 3.89. The first-order valence-electron chi connectivity index (χ1n) is 10.3. The van der Waals surface area contributed by atoms with Crippen molar-refractivity contribution in [2.24, 2.45) is 5.92 Å². The molecule has 1 aliphatic rings. The summed E-state index contributed by atoms with van der Waals surface area (Å²) in [5, 5.41) is 9.70. The molecule has 2 aromatic rings. The van der Waals surface area contributed by atoms with E-state index in [0.29, 0.717) is 18.8 Å². The minimum atomic E-state index is -4.75. The summed E-state index contributed by atoms with van der Waals surface area (Å²) in [5.74, 6) is -0.954. The van der Waals surface area contributed by atoms with E-state index in [9.17, 15) is 31.1 Å². The van der Waals surface area contributed by atoms with Gasteiger partial charge in [0.25, 0.3) is 0 Å². The third-order valence-corrected chi connectivity index (χ3v) is 6.76. The molecule has 12 heteroatoms. The van der Waals surface area contributed by atoms with Crippen LogP contribution in [-0.2, 0) is 16.0 Å². The van der Waals surface area contributed by atoms with E-state index in [1.54, 1.807) is 4.90 Å². The third-order valence-electron chi connectivity index (χ3n) is 5.65. The lowest BCUT2D eigenvalue weighted by atomic mass is 9.99. The second-order valence-electron chi connectivity index (χ2n) is 8.49.